The zero-order chi connectivity index (χ0) is 12.0. The molecular weight excluding hydrogens is 202 g/mol. The molecule has 0 aromatic heterocycles. The fourth-order valence-electron chi connectivity index (χ4n) is 1.76. The van der Waals surface area contributed by atoms with Gasteiger partial charge in [-0.1, -0.05) is 0 Å². The van der Waals surface area contributed by atoms with Gasteiger partial charge in [0, 0.05) is 6.04 Å². The highest BCUT2D eigenvalue weighted by Crippen LogP contribution is 2.30. The number of piperidine rings is 1. The Morgan fingerprint density at radius 2 is 1.73 bits per heavy atom. The maximum atomic E-state index is 11.0. The summed E-state index contributed by atoms with van der Waals surface area (Å²) in [5, 5.41) is 40.7. The molecule has 1 saturated heterocycles. The van der Waals surface area contributed by atoms with Gasteiger partial charge in [0.1, 0.15) is 23.3 Å². The highest BCUT2D eigenvalue weighted by Gasteiger charge is 2.57. The molecule has 0 spiro atoms. The number of hydrogen-bond donors (Lipinski definition) is 5. The summed E-state index contributed by atoms with van der Waals surface area (Å²) < 4.78 is 0. The maximum absolute atomic E-state index is 11.0. The van der Waals surface area contributed by atoms with E-state index in [9.17, 15) is 20.1 Å². The van der Waals surface area contributed by atoms with E-state index in [2.05, 4.69) is 5.32 Å². The van der Waals surface area contributed by atoms with Gasteiger partial charge in [0.15, 0.2) is 0 Å². The number of aliphatic hydroxyl groups is 3. The number of aliphatic hydroxyl groups excluding tert-OH is 2. The van der Waals surface area contributed by atoms with Crippen LogP contribution in [-0.2, 0) is 4.79 Å². The number of rotatable bonds is 1. The van der Waals surface area contributed by atoms with Crippen LogP contribution in [0.3, 0.4) is 0 Å². The van der Waals surface area contributed by atoms with E-state index >= 15 is 0 Å². The molecule has 6 heteroatoms. The van der Waals surface area contributed by atoms with Gasteiger partial charge in [-0.05, 0) is 20.8 Å². The third kappa shape index (κ3) is 1.63. The van der Waals surface area contributed by atoms with E-state index in [0.717, 1.165) is 0 Å². The molecule has 5 N–H and O–H groups in total. The van der Waals surface area contributed by atoms with Gasteiger partial charge in [-0.25, -0.2) is 0 Å². The smallest absolute Gasteiger partial charge is 0.326 e. The average molecular weight is 219 g/mol. The van der Waals surface area contributed by atoms with Crippen LogP contribution < -0.4 is 5.32 Å². The Balaban J connectivity index is 3.07. The molecule has 0 aliphatic carbocycles. The Kier molecular flexibility index (Phi) is 2.82. The maximum Gasteiger partial charge on any atom is 0.326 e. The van der Waals surface area contributed by atoms with Crippen molar-refractivity contribution in [2.45, 2.75) is 50.2 Å². The molecule has 0 aromatic carbocycles. The van der Waals surface area contributed by atoms with Gasteiger partial charge in [-0.3, -0.25) is 10.1 Å². The van der Waals surface area contributed by atoms with E-state index in [1.807, 2.05) is 0 Å². The number of carboxylic acids is 1. The molecule has 0 radical (unpaired) electrons. The van der Waals surface area contributed by atoms with Crippen molar-refractivity contribution < 1.29 is 25.2 Å². The lowest BCUT2D eigenvalue weighted by molar-refractivity contribution is -0.195. The van der Waals surface area contributed by atoms with Crippen LogP contribution in [-0.4, -0.2) is 55.8 Å². The normalized spacial score (nSPS) is 51.5. The minimum atomic E-state index is -1.65. The third-order valence-corrected chi connectivity index (χ3v) is 3.33. The van der Waals surface area contributed by atoms with Crippen LogP contribution in [0.2, 0.25) is 0 Å². The van der Waals surface area contributed by atoms with Crippen molar-refractivity contribution in [3.8, 4) is 0 Å². The van der Waals surface area contributed by atoms with Crippen molar-refractivity contribution in [3.63, 3.8) is 0 Å². The van der Waals surface area contributed by atoms with Crippen molar-refractivity contribution >= 4 is 5.97 Å². The zero-order valence-electron chi connectivity index (χ0n) is 8.93. The standard InChI is InChI=1S/C9H17NO5/c1-4-9(3,15)6(12)5(11)8(2,10-4)7(13)14/h4-6,10-12,15H,1-3H3,(H,13,14). The first-order chi connectivity index (χ1) is 6.64. The summed E-state index contributed by atoms with van der Waals surface area (Å²) in [7, 11) is 0. The molecule has 5 unspecified atom stereocenters. The summed E-state index contributed by atoms with van der Waals surface area (Å²) in [6.45, 7) is 4.17. The SMILES string of the molecule is CC1NC(C)(C(=O)O)C(O)C(O)C1(C)O. The molecule has 1 aliphatic heterocycles. The van der Waals surface area contributed by atoms with Gasteiger partial charge in [-0.15, -0.1) is 0 Å². The van der Waals surface area contributed by atoms with Crippen LogP contribution in [0.5, 0.6) is 0 Å². The lowest BCUT2D eigenvalue weighted by Crippen LogP contribution is -2.76. The molecule has 0 saturated carbocycles. The molecule has 15 heavy (non-hydrogen) atoms. The number of hydrogen-bond acceptors (Lipinski definition) is 5. The molecule has 6 nitrogen and oxygen atoms in total. The van der Waals surface area contributed by atoms with E-state index in [1.54, 1.807) is 6.92 Å². The topological polar surface area (TPSA) is 110 Å². The molecule has 88 valence electrons. The summed E-state index contributed by atoms with van der Waals surface area (Å²) >= 11 is 0. The van der Waals surface area contributed by atoms with Crippen molar-refractivity contribution in [2.24, 2.45) is 0 Å². The first-order valence-corrected chi connectivity index (χ1v) is 4.73. The average Bonchev–Trinajstić information content (AvgIpc) is 2.12. The van der Waals surface area contributed by atoms with Crippen LogP contribution >= 0.6 is 0 Å². The van der Waals surface area contributed by atoms with E-state index in [1.165, 1.54) is 13.8 Å². The second-order valence-corrected chi connectivity index (χ2v) is 4.49. The van der Waals surface area contributed by atoms with E-state index in [-0.39, 0.29) is 0 Å². The molecule has 0 aromatic rings. The first kappa shape index (κ1) is 12.4. The number of carbonyl (C=O) groups is 1. The molecule has 1 heterocycles. The predicted molar refractivity (Wildman–Crippen MR) is 51.3 cm³/mol. The van der Waals surface area contributed by atoms with Gasteiger partial charge in [-0.2, -0.15) is 0 Å². The first-order valence-electron chi connectivity index (χ1n) is 4.73. The second-order valence-electron chi connectivity index (χ2n) is 4.49. The van der Waals surface area contributed by atoms with Crippen LogP contribution in [0.1, 0.15) is 20.8 Å². The Hall–Kier alpha value is -0.690. The highest BCUT2D eigenvalue weighted by molar-refractivity contribution is 5.79. The van der Waals surface area contributed by atoms with Crippen molar-refractivity contribution in [2.75, 3.05) is 0 Å². The largest absolute Gasteiger partial charge is 0.480 e. The van der Waals surface area contributed by atoms with Crippen LogP contribution in [0, 0.1) is 0 Å². The van der Waals surface area contributed by atoms with Crippen molar-refractivity contribution in [3.05, 3.63) is 0 Å². The third-order valence-electron chi connectivity index (χ3n) is 3.33. The Bertz CT molecular complexity index is 280. The minimum Gasteiger partial charge on any atom is -0.480 e. The molecule has 0 amide bonds. The van der Waals surface area contributed by atoms with Crippen LogP contribution in [0.4, 0.5) is 0 Å². The predicted octanol–water partition coefficient (Wildman–Crippen LogP) is -1.71. The summed E-state index contributed by atoms with van der Waals surface area (Å²) in [4.78, 5) is 11.0. The number of carboxylic acid groups (broad SMARTS) is 1. The molecular formula is C9H17NO5. The molecule has 5 atom stereocenters. The molecule has 1 rings (SSSR count). The Labute approximate surface area is 87.5 Å². The number of nitrogens with one attached hydrogen (secondary N) is 1. The lowest BCUT2D eigenvalue weighted by atomic mass is 9.75. The van der Waals surface area contributed by atoms with Crippen molar-refractivity contribution in [1.29, 1.82) is 0 Å². The van der Waals surface area contributed by atoms with Crippen LogP contribution in [0.25, 0.3) is 0 Å². The van der Waals surface area contributed by atoms with Gasteiger partial charge in [0.2, 0.25) is 0 Å². The fourth-order valence-corrected chi connectivity index (χ4v) is 1.76. The molecule has 0 bridgehead atoms. The Morgan fingerprint density at radius 1 is 1.27 bits per heavy atom. The summed E-state index contributed by atoms with van der Waals surface area (Å²) in [6.07, 6.45) is -3.07. The van der Waals surface area contributed by atoms with E-state index < -0.39 is 35.4 Å². The monoisotopic (exact) mass is 219 g/mol. The second kappa shape index (κ2) is 3.41. The van der Waals surface area contributed by atoms with E-state index in [0.29, 0.717) is 0 Å². The van der Waals surface area contributed by atoms with E-state index in [4.69, 9.17) is 5.11 Å². The van der Waals surface area contributed by atoms with Crippen molar-refractivity contribution in [1.82, 2.24) is 5.32 Å². The van der Waals surface area contributed by atoms with Gasteiger partial charge in [0.25, 0.3) is 0 Å². The quantitative estimate of drug-likeness (QED) is 0.359. The zero-order valence-corrected chi connectivity index (χ0v) is 8.93. The van der Waals surface area contributed by atoms with Crippen LogP contribution in [0.15, 0.2) is 0 Å². The number of aliphatic carboxylic acids is 1. The lowest BCUT2D eigenvalue weighted by Gasteiger charge is -2.50. The molecule has 1 aliphatic rings. The van der Waals surface area contributed by atoms with Gasteiger partial charge in [0.05, 0.1) is 0 Å². The minimum absolute atomic E-state index is 0.642. The summed E-state index contributed by atoms with van der Waals surface area (Å²) in [5.41, 5.74) is -3.21. The fraction of sp³-hybridized carbons (Fsp3) is 0.889. The Morgan fingerprint density at radius 3 is 2.13 bits per heavy atom. The summed E-state index contributed by atoms with van der Waals surface area (Å²) in [5.74, 6) is -1.27. The summed E-state index contributed by atoms with van der Waals surface area (Å²) in [6, 6.07) is -0.642. The molecule has 1 fully saturated rings. The highest BCUT2D eigenvalue weighted by atomic mass is 16.4. The van der Waals surface area contributed by atoms with Gasteiger partial charge < -0.3 is 20.4 Å². The van der Waals surface area contributed by atoms with Gasteiger partial charge >= 0.3 is 5.97 Å².